The van der Waals surface area contributed by atoms with Crippen LogP contribution >= 0.6 is 0 Å². The number of nitrogens with zero attached hydrogens (tertiary/aromatic N) is 1. The molecule has 1 N–H and O–H groups in total. The van der Waals surface area contributed by atoms with Gasteiger partial charge in [0.15, 0.2) is 0 Å². The molecule has 154 valence electrons. The monoisotopic (exact) mass is 391 g/mol. The summed E-state index contributed by atoms with van der Waals surface area (Å²) in [5.41, 5.74) is -3.58. The van der Waals surface area contributed by atoms with Gasteiger partial charge in [-0.1, -0.05) is 30.3 Å². The lowest BCUT2D eigenvalue weighted by molar-refractivity contribution is -0.195. The highest BCUT2D eigenvalue weighted by molar-refractivity contribution is 6.12. The number of amides is 1. The SMILES string of the molecule is CC(C)OC(=O)C1(C(=O)OC(C)C)N([C@H](C)c2ccccc2)C(=O)CC1(C)O. The first-order chi connectivity index (χ1) is 12.9. The Morgan fingerprint density at radius 3 is 1.89 bits per heavy atom. The van der Waals surface area contributed by atoms with E-state index in [4.69, 9.17) is 9.47 Å². The van der Waals surface area contributed by atoms with Gasteiger partial charge < -0.3 is 19.5 Å². The summed E-state index contributed by atoms with van der Waals surface area (Å²) < 4.78 is 10.7. The molecule has 2 atom stereocenters. The molecule has 2 rings (SSSR count). The zero-order valence-corrected chi connectivity index (χ0v) is 17.3. The van der Waals surface area contributed by atoms with E-state index in [1.54, 1.807) is 58.9 Å². The van der Waals surface area contributed by atoms with Crippen LogP contribution in [0.25, 0.3) is 0 Å². The molecule has 1 aliphatic heterocycles. The molecule has 1 heterocycles. The predicted octanol–water partition coefficient (Wildman–Crippen LogP) is 2.37. The van der Waals surface area contributed by atoms with Crippen LogP contribution in [-0.2, 0) is 23.9 Å². The Labute approximate surface area is 165 Å². The fraction of sp³-hybridized carbons (Fsp3) is 0.571. The minimum absolute atomic E-state index is 0.398. The summed E-state index contributed by atoms with van der Waals surface area (Å²) in [5, 5.41) is 11.1. The largest absolute Gasteiger partial charge is 0.461 e. The maximum atomic E-state index is 13.2. The van der Waals surface area contributed by atoms with Crippen molar-refractivity contribution in [1.29, 1.82) is 0 Å². The zero-order chi connectivity index (χ0) is 21.3. The first-order valence-corrected chi connectivity index (χ1v) is 9.46. The summed E-state index contributed by atoms with van der Waals surface area (Å²) in [6, 6.07) is 8.33. The van der Waals surface area contributed by atoms with Gasteiger partial charge in [0.2, 0.25) is 5.91 Å². The second-order valence-corrected chi connectivity index (χ2v) is 7.92. The number of esters is 2. The molecule has 7 nitrogen and oxygen atoms in total. The number of likely N-dealkylation sites (tertiary alicyclic amines) is 1. The van der Waals surface area contributed by atoms with Crippen LogP contribution in [0, 0.1) is 0 Å². The number of carbonyl (C=O) groups is 3. The first kappa shape index (κ1) is 21.9. The minimum atomic E-state index is -2.30. The van der Waals surface area contributed by atoms with Crippen LogP contribution < -0.4 is 0 Å². The second kappa shape index (κ2) is 7.91. The Balaban J connectivity index is 2.69. The van der Waals surface area contributed by atoms with Gasteiger partial charge in [-0.25, -0.2) is 9.59 Å². The highest BCUT2D eigenvalue weighted by Crippen LogP contribution is 2.46. The molecule has 0 bridgehead atoms. The average Bonchev–Trinajstić information content (AvgIpc) is 2.79. The van der Waals surface area contributed by atoms with Crippen LogP contribution in [0.4, 0.5) is 0 Å². The summed E-state index contributed by atoms with van der Waals surface area (Å²) in [6.45, 7) is 9.54. The van der Waals surface area contributed by atoms with Gasteiger partial charge in [-0.2, -0.15) is 0 Å². The molecule has 0 aliphatic carbocycles. The molecule has 7 heteroatoms. The molecule has 1 saturated heterocycles. The van der Waals surface area contributed by atoms with Gasteiger partial charge >= 0.3 is 11.9 Å². The molecule has 0 saturated carbocycles. The molecule has 28 heavy (non-hydrogen) atoms. The topological polar surface area (TPSA) is 93.1 Å². The molecule has 1 aliphatic rings. The van der Waals surface area contributed by atoms with E-state index in [9.17, 15) is 19.5 Å². The fourth-order valence-corrected chi connectivity index (χ4v) is 3.66. The van der Waals surface area contributed by atoms with E-state index < -0.39 is 53.7 Å². The van der Waals surface area contributed by atoms with Crippen molar-refractivity contribution in [1.82, 2.24) is 4.90 Å². The van der Waals surface area contributed by atoms with Gasteiger partial charge in [0, 0.05) is 0 Å². The highest BCUT2D eigenvalue weighted by atomic mass is 16.6. The average molecular weight is 391 g/mol. The number of hydrogen-bond acceptors (Lipinski definition) is 6. The Hall–Kier alpha value is -2.41. The molecule has 1 aromatic carbocycles. The maximum absolute atomic E-state index is 13.2. The van der Waals surface area contributed by atoms with E-state index in [1.807, 2.05) is 6.07 Å². The zero-order valence-electron chi connectivity index (χ0n) is 17.3. The molecule has 0 aromatic heterocycles. The first-order valence-electron chi connectivity index (χ1n) is 9.46. The molecular weight excluding hydrogens is 362 g/mol. The van der Waals surface area contributed by atoms with Crippen LogP contribution in [0.1, 0.15) is 59.6 Å². The van der Waals surface area contributed by atoms with Crippen LogP contribution in [-0.4, -0.2) is 51.2 Å². The van der Waals surface area contributed by atoms with Crippen molar-refractivity contribution in [3.05, 3.63) is 35.9 Å². The standard InChI is InChI=1S/C21H29NO6/c1-13(2)27-18(24)21(19(25)28-14(3)4)20(6,26)12-17(23)22(21)15(5)16-10-8-7-9-11-16/h7-11,13-15,26H,12H2,1-6H3/t15-,20?/m1/s1. The van der Waals surface area contributed by atoms with Gasteiger partial charge in [0.05, 0.1) is 24.7 Å². The molecule has 0 radical (unpaired) electrons. The van der Waals surface area contributed by atoms with Crippen LogP contribution in [0.15, 0.2) is 30.3 Å². The lowest BCUT2D eigenvalue weighted by Gasteiger charge is -2.43. The van der Waals surface area contributed by atoms with Crippen molar-refractivity contribution in [2.24, 2.45) is 0 Å². The van der Waals surface area contributed by atoms with Gasteiger partial charge in [-0.3, -0.25) is 4.79 Å². The molecule has 1 aromatic rings. The molecule has 1 unspecified atom stereocenters. The smallest absolute Gasteiger partial charge is 0.347 e. The normalized spacial score (nSPS) is 22.5. The third kappa shape index (κ3) is 3.63. The Morgan fingerprint density at radius 2 is 1.46 bits per heavy atom. The van der Waals surface area contributed by atoms with Crippen molar-refractivity contribution in [2.45, 2.75) is 77.4 Å². The molecular formula is C21H29NO6. The van der Waals surface area contributed by atoms with Crippen LogP contribution in [0.3, 0.4) is 0 Å². The van der Waals surface area contributed by atoms with Crippen molar-refractivity contribution >= 4 is 17.8 Å². The number of carbonyl (C=O) groups excluding carboxylic acids is 3. The van der Waals surface area contributed by atoms with Gasteiger partial charge in [-0.15, -0.1) is 0 Å². The number of benzene rings is 1. The highest BCUT2D eigenvalue weighted by Gasteiger charge is 2.72. The predicted molar refractivity (Wildman–Crippen MR) is 102 cm³/mol. The Morgan fingerprint density at radius 1 is 1.00 bits per heavy atom. The minimum Gasteiger partial charge on any atom is -0.461 e. The quantitative estimate of drug-likeness (QED) is 0.591. The van der Waals surface area contributed by atoms with Gasteiger partial charge in [0.1, 0.15) is 5.60 Å². The fourth-order valence-electron chi connectivity index (χ4n) is 3.66. The summed E-state index contributed by atoms with van der Waals surface area (Å²) >= 11 is 0. The van der Waals surface area contributed by atoms with E-state index in [2.05, 4.69) is 0 Å². The number of aliphatic hydroxyl groups is 1. The summed E-state index contributed by atoms with van der Waals surface area (Å²) in [6.07, 6.45) is -1.49. The number of ether oxygens (including phenoxy) is 2. The lowest BCUT2D eigenvalue weighted by Crippen LogP contribution is -2.69. The second-order valence-electron chi connectivity index (χ2n) is 7.92. The van der Waals surface area contributed by atoms with E-state index >= 15 is 0 Å². The van der Waals surface area contributed by atoms with Crippen molar-refractivity contribution in [2.75, 3.05) is 0 Å². The van der Waals surface area contributed by atoms with Crippen LogP contribution in [0.5, 0.6) is 0 Å². The molecule has 1 amide bonds. The Bertz CT molecular complexity index is 719. The van der Waals surface area contributed by atoms with Crippen molar-refractivity contribution < 1.29 is 29.0 Å². The van der Waals surface area contributed by atoms with E-state index in [0.29, 0.717) is 5.56 Å². The van der Waals surface area contributed by atoms with Gasteiger partial charge in [0.25, 0.3) is 5.54 Å². The summed E-state index contributed by atoms with van der Waals surface area (Å²) in [5.74, 6) is -2.51. The van der Waals surface area contributed by atoms with Crippen molar-refractivity contribution in [3.63, 3.8) is 0 Å². The molecule has 0 spiro atoms. The number of hydrogen-bond donors (Lipinski definition) is 1. The summed E-state index contributed by atoms with van der Waals surface area (Å²) in [7, 11) is 0. The van der Waals surface area contributed by atoms with E-state index in [0.717, 1.165) is 4.90 Å². The number of rotatable bonds is 6. The third-order valence-electron chi connectivity index (χ3n) is 4.85. The maximum Gasteiger partial charge on any atom is 0.347 e. The molecule has 1 fully saturated rings. The lowest BCUT2D eigenvalue weighted by atomic mass is 9.80. The van der Waals surface area contributed by atoms with Crippen molar-refractivity contribution in [3.8, 4) is 0 Å². The van der Waals surface area contributed by atoms with E-state index in [1.165, 1.54) is 6.92 Å². The van der Waals surface area contributed by atoms with Crippen LogP contribution in [0.2, 0.25) is 0 Å². The van der Waals surface area contributed by atoms with E-state index in [-0.39, 0.29) is 0 Å². The third-order valence-corrected chi connectivity index (χ3v) is 4.85. The summed E-state index contributed by atoms with van der Waals surface area (Å²) in [4.78, 5) is 40.5. The Kier molecular flexibility index (Phi) is 6.18. The van der Waals surface area contributed by atoms with Gasteiger partial charge in [-0.05, 0) is 47.1 Å².